The molecule has 1 saturated heterocycles. The van der Waals surface area contributed by atoms with Gasteiger partial charge in [-0.05, 0) is 91.0 Å². The quantitative estimate of drug-likeness (QED) is 0.255. The normalized spacial score (nSPS) is 24.2. The summed E-state index contributed by atoms with van der Waals surface area (Å²) in [6, 6.07) is 17.7. The summed E-state index contributed by atoms with van der Waals surface area (Å²) in [6.45, 7) is 2.08. The molecule has 1 fully saturated rings. The first kappa shape index (κ1) is 27.6. The van der Waals surface area contributed by atoms with Gasteiger partial charge in [-0.1, -0.05) is 54.4 Å². The lowest BCUT2D eigenvalue weighted by molar-refractivity contribution is 0.0600. The number of nitrogens with zero attached hydrogens (tertiary/aromatic N) is 1. The molecule has 3 aromatic rings. The fourth-order valence-corrected chi connectivity index (χ4v) is 7.17. The van der Waals surface area contributed by atoms with Crippen molar-refractivity contribution in [2.45, 2.75) is 45.0 Å². The second-order valence-electron chi connectivity index (χ2n) is 11.1. The number of halogens is 1. The van der Waals surface area contributed by atoms with Crippen molar-refractivity contribution in [2.24, 2.45) is 17.8 Å². The zero-order valence-electron chi connectivity index (χ0n) is 22.8. The van der Waals surface area contributed by atoms with Gasteiger partial charge in [0.05, 0.1) is 16.8 Å². The molecule has 4 atom stereocenters. The maximum atomic E-state index is 13.8. The Bertz CT molecular complexity index is 1570. The first-order valence-electron chi connectivity index (χ1n) is 14.2. The zero-order chi connectivity index (χ0) is 28.7. The van der Waals surface area contributed by atoms with Gasteiger partial charge >= 0.3 is 7.12 Å². The number of carbonyl (C=O) groups excluding carboxylic acids is 2. The molecule has 8 heteroatoms. The van der Waals surface area contributed by atoms with E-state index in [4.69, 9.17) is 16.3 Å². The van der Waals surface area contributed by atoms with Crippen LogP contribution in [0.5, 0.6) is 5.75 Å². The molecule has 2 aromatic carbocycles. The van der Waals surface area contributed by atoms with E-state index in [1.165, 1.54) is 6.07 Å². The van der Waals surface area contributed by atoms with Crippen LogP contribution in [0.4, 0.5) is 0 Å². The number of aromatic nitrogens is 1. The lowest BCUT2D eigenvalue weighted by atomic mass is 9.54. The maximum absolute atomic E-state index is 13.8. The molecule has 0 spiro atoms. The molecule has 6 rings (SSSR count). The Morgan fingerprint density at radius 3 is 2.54 bits per heavy atom. The van der Waals surface area contributed by atoms with Crippen LogP contribution in [0.15, 0.2) is 78.0 Å². The summed E-state index contributed by atoms with van der Waals surface area (Å²) in [5.41, 5.74) is 5.71. The van der Waals surface area contributed by atoms with Crippen LogP contribution in [0.1, 0.15) is 64.6 Å². The van der Waals surface area contributed by atoms with E-state index in [9.17, 15) is 19.7 Å². The van der Waals surface area contributed by atoms with Gasteiger partial charge in [0.2, 0.25) is 0 Å². The molecule has 208 valence electrons. The van der Waals surface area contributed by atoms with Gasteiger partial charge in [-0.25, -0.2) is 0 Å². The third kappa shape index (κ3) is 5.18. The first-order chi connectivity index (χ1) is 19.9. The minimum atomic E-state index is -1.03. The summed E-state index contributed by atoms with van der Waals surface area (Å²) in [5, 5.41) is 21.1. The van der Waals surface area contributed by atoms with Crippen molar-refractivity contribution in [3.05, 3.63) is 105 Å². The third-order valence-electron chi connectivity index (χ3n) is 8.77. The standard InChI is InChI=1S/C33H31BClNO5/c1-2-19-16-25-31(33(39)24-8-4-3-7-23(24)32(25)38)26-18-34(40)41-29(30(19)26)13-11-21(28-9-5-6-14-36-28)15-20-10-12-22(37)17-27(20)35/h3-10,12,14-15,17,25-26,29,31,37,40H,2,11,13,16,18H2,1H3/b21-15-/t25-,26+,29-,31-/m1/s1. The molecule has 6 nitrogen and oxygen atoms in total. The van der Waals surface area contributed by atoms with Gasteiger partial charge in [0.15, 0.2) is 11.6 Å². The smallest absolute Gasteiger partial charge is 0.455 e. The van der Waals surface area contributed by atoms with Crippen LogP contribution < -0.4 is 0 Å². The summed E-state index contributed by atoms with van der Waals surface area (Å²) >= 11 is 6.43. The second-order valence-corrected chi connectivity index (χ2v) is 11.5. The molecule has 0 unspecified atom stereocenters. The highest BCUT2D eigenvalue weighted by atomic mass is 35.5. The number of pyridine rings is 1. The van der Waals surface area contributed by atoms with E-state index in [1.54, 1.807) is 42.6 Å². The Balaban J connectivity index is 1.35. The molecular weight excluding hydrogens is 537 g/mol. The van der Waals surface area contributed by atoms with Crippen molar-refractivity contribution < 1.29 is 24.4 Å². The number of carbonyl (C=O) groups is 2. The Morgan fingerprint density at radius 2 is 1.83 bits per heavy atom. The number of phenols is 1. The first-order valence-corrected chi connectivity index (χ1v) is 14.6. The number of fused-ring (bicyclic) bond motifs is 4. The average Bonchev–Trinajstić information content (AvgIpc) is 2.98. The van der Waals surface area contributed by atoms with E-state index in [0.29, 0.717) is 41.7 Å². The number of aromatic hydroxyl groups is 1. The second kappa shape index (κ2) is 11.4. The molecule has 2 heterocycles. The van der Waals surface area contributed by atoms with Gasteiger partial charge in [-0.3, -0.25) is 14.6 Å². The number of rotatable bonds is 6. The van der Waals surface area contributed by atoms with Crippen LogP contribution in [0, 0.1) is 17.8 Å². The van der Waals surface area contributed by atoms with Crippen molar-refractivity contribution in [1.29, 1.82) is 0 Å². The van der Waals surface area contributed by atoms with E-state index in [-0.39, 0.29) is 23.2 Å². The largest absolute Gasteiger partial charge is 0.508 e. The number of benzene rings is 2. The topological polar surface area (TPSA) is 96.7 Å². The van der Waals surface area contributed by atoms with Gasteiger partial charge in [0.25, 0.3) is 0 Å². The van der Waals surface area contributed by atoms with Gasteiger partial charge in [0.1, 0.15) is 5.75 Å². The van der Waals surface area contributed by atoms with Crippen molar-refractivity contribution >= 4 is 41.9 Å². The fourth-order valence-electron chi connectivity index (χ4n) is 6.94. The summed E-state index contributed by atoms with van der Waals surface area (Å²) in [4.78, 5) is 32.0. The van der Waals surface area contributed by atoms with Crippen LogP contribution in [-0.4, -0.2) is 39.9 Å². The zero-order valence-corrected chi connectivity index (χ0v) is 23.6. The van der Waals surface area contributed by atoms with Crippen molar-refractivity contribution in [2.75, 3.05) is 0 Å². The fraction of sp³-hybridized carbons (Fsp3) is 0.303. The van der Waals surface area contributed by atoms with Crippen LogP contribution in [-0.2, 0) is 4.65 Å². The molecule has 0 amide bonds. The third-order valence-corrected chi connectivity index (χ3v) is 9.10. The lowest BCUT2D eigenvalue weighted by Crippen LogP contribution is -2.50. The average molecular weight is 568 g/mol. The van der Waals surface area contributed by atoms with Crippen molar-refractivity contribution in [3.63, 3.8) is 0 Å². The summed E-state index contributed by atoms with van der Waals surface area (Å²) in [5.74, 6) is -1.05. The molecule has 2 aliphatic carbocycles. The molecule has 1 aliphatic heterocycles. The molecule has 1 aromatic heterocycles. The summed E-state index contributed by atoms with van der Waals surface area (Å²) < 4.78 is 6.17. The molecule has 3 aliphatic rings. The SMILES string of the molecule is CCC1=C2[C@@H](CC/C(=C/c3ccc(O)cc3Cl)c3ccccn3)OB(O)C[C@@H]2[C@@H]2C(=O)c3ccccc3C(=O)[C@@H]2C1. The van der Waals surface area contributed by atoms with E-state index in [0.717, 1.165) is 34.4 Å². The van der Waals surface area contributed by atoms with Gasteiger partial charge in [-0.2, -0.15) is 0 Å². The molecule has 0 bridgehead atoms. The number of hydrogen-bond donors (Lipinski definition) is 2. The van der Waals surface area contributed by atoms with Crippen molar-refractivity contribution in [1.82, 2.24) is 4.98 Å². The van der Waals surface area contributed by atoms with Gasteiger partial charge in [-0.15, -0.1) is 0 Å². The van der Waals surface area contributed by atoms with E-state index in [1.807, 2.05) is 24.3 Å². The highest BCUT2D eigenvalue weighted by molar-refractivity contribution is 6.43. The minimum Gasteiger partial charge on any atom is -0.508 e. The molecule has 2 N–H and O–H groups in total. The monoisotopic (exact) mass is 567 g/mol. The Kier molecular flexibility index (Phi) is 7.69. The number of hydrogen-bond acceptors (Lipinski definition) is 6. The molecular formula is C33H31BClNO5. The number of Topliss-reactive ketones (excluding diaryl/α,β-unsaturated/α-hetero) is 2. The Labute approximate surface area is 244 Å². The number of allylic oxidation sites excluding steroid dienone is 2. The van der Waals surface area contributed by atoms with Crippen molar-refractivity contribution in [3.8, 4) is 5.75 Å². The van der Waals surface area contributed by atoms with Gasteiger partial charge < -0.3 is 14.8 Å². The van der Waals surface area contributed by atoms with E-state index in [2.05, 4.69) is 11.9 Å². The summed E-state index contributed by atoms with van der Waals surface area (Å²) in [6.07, 6.45) is 6.01. The maximum Gasteiger partial charge on any atom is 0.455 e. The molecule has 41 heavy (non-hydrogen) atoms. The number of ketones is 2. The highest BCUT2D eigenvalue weighted by Gasteiger charge is 2.53. The highest BCUT2D eigenvalue weighted by Crippen LogP contribution is 2.51. The number of phenolic OH excluding ortho intramolecular Hbond substituents is 1. The Morgan fingerprint density at radius 1 is 1.07 bits per heavy atom. The lowest BCUT2D eigenvalue weighted by Gasteiger charge is -2.47. The van der Waals surface area contributed by atoms with Crippen LogP contribution >= 0.6 is 11.6 Å². The van der Waals surface area contributed by atoms with Gasteiger partial charge in [0, 0.05) is 29.2 Å². The molecule has 0 radical (unpaired) electrons. The van der Waals surface area contributed by atoms with Crippen LogP contribution in [0.2, 0.25) is 11.3 Å². The molecule has 0 saturated carbocycles. The van der Waals surface area contributed by atoms with Crippen LogP contribution in [0.3, 0.4) is 0 Å². The Hall–Kier alpha value is -3.52. The van der Waals surface area contributed by atoms with E-state index >= 15 is 0 Å². The predicted octanol–water partition coefficient (Wildman–Crippen LogP) is 6.68. The van der Waals surface area contributed by atoms with Crippen LogP contribution in [0.25, 0.3) is 11.6 Å². The summed E-state index contributed by atoms with van der Waals surface area (Å²) in [7, 11) is -1.03. The predicted molar refractivity (Wildman–Crippen MR) is 160 cm³/mol. The van der Waals surface area contributed by atoms with E-state index < -0.39 is 25.1 Å². The minimum absolute atomic E-state index is 0.00764.